The zero-order valence-electron chi connectivity index (χ0n) is 15.0. The standard InChI is InChI=1S/C19H24N2O3S/c1-5-10-20-19(22)17-12-16(8-7-14(17)3)25(23,24)21-18-9-6-13(2)11-15(18)4/h6-9,11-12,21H,5,10H2,1-4H3,(H,20,22). The van der Waals surface area contributed by atoms with Gasteiger partial charge in [0.25, 0.3) is 15.9 Å². The van der Waals surface area contributed by atoms with Gasteiger partial charge in [-0.05, 0) is 56.5 Å². The molecule has 0 saturated heterocycles. The van der Waals surface area contributed by atoms with E-state index in [9.17, 15) is 13.2 Å². The van der Waals surface area contributed by atoms with Crippen molar-refractivity contribution in [2.24, 2.45) is 0 Å². The second kappa shape index (κ2) is 7.70. The third-order valence-electron chi connectivity index (χ3n) is 3.93. The van der Waals surface area contributed by atoms with Crippen LogP contribution in [-0.4, -0.2) is 20.9 Å². The summed E-state index contributed by atoms with van der Waals surface area (Å²) in [6, 6.07) is 10.1. The Balaban J connectivity index is 2.34. The number of hydrogen-bond donors (Lipinski definition) is 2. The van der Waals surface area contributed by atoms with Crippen LogP contribution in [0.3, 0.4) is 0 Å². The zero-order valence-corrected chi connectivity index (χ0v) is 15.8. The summed E-state index contributed by atoms with van der Waals surface area (Å²) in [5, 5.41) is 2.78. The summed E-state index contributed by atoms with van der Waals surface area (Å²) in [7, 11) is -3.77. The average molecular weight is 360 g/mol. The minimum absolute atomic E-state index is 0.0692. The Labute approximate surface area is 149 Å². The third-order valence-corrected chi connectivity index (χ3v) is 5.29. The lowest BCUT2D eigenvalue weighted by molar-refractivity contribution is 0.0953. The van der Waals surface area contributed by atoms with Gasteiger partial charge in [-0.1, -0.05) is 30.7 Å². The van der Waals surface area contributed by atoms with Crippen LogP contribution in [0, 0.1) is 20.8 Å². The van der Waals surface area contributed by atoms with E-state index in [-0.39, 0.29) is 10.8 Å². The van der Waals surface area contributed by atoms with Crippen LogP contribution in [0.25, 0.3) is 0 Å². The first-order valence-electron chi connectivity index (χ1n) is 8.23. The van der Waals surface area contributed by atoms with Crippen molar-refractivity contribution in [1.82, 2.24) is 5.32 Å². The molecule has 0 aliphatic heterocycles. The van der Waals surface area contributed by atoms with E-state index in [1.165, 1.54) is 12.1 Å². The summed E-state index contributed by atoms with van der Waals surface area (Å²) >= 11 is 0. The molecular formula is C19H24N2O3S. The molecule has 0 spiro atoms. The molecule has 134 valence electrons. The van der Waals surface area contributed by atoms with Crippen molar-refractivity contribution in [3.05, 3.63) is 58.7 Å². The topological polar surface area (TPSA) is 75.3 Å². The van der Waals surface area contributed by atoms with Crippen LogP contribution < -0.4 is 10.0 Å². The Morgan fingerprint density at radius 2 is 1.72 bits per heavy atom. The number of anilines is 1. The summed E-state index contributed by atoms with van der Waals surface area (Å²) in [6.45, 7) is 8.10. The molecule has 2 N–H and O–H groups in total. The Morgan fingerprint density at radius 1 is 1.00 bits per heavy atom. The summed E-state index contributed by atoms with van der Waals surface area (Å²) < 4.78 is 28.0. The van der Waals surface area contributed by atoms with Crippen LogP contribution in [0.1, 0.15) is 40.4 Å². The highest BCUT2D eigenvalue weighted by Crippen LogP contribution is 2.22. The molecule has 0 bridgehead atoms. The van der Waals surface area contributed by atoms with Crippen LogP contribution in [0.2, 0.25) is 0 Å². The van der Waals surface area contributed by atoms with Crippen molar-refractivity contribution in [2.45, 2.75) is 39.0 Å². The highest BCUT2D eigenvalue weighted by molar-refractivity contribution is 7.92. The Bertz CT molecular complexity index is 890. The predicted octanol–water partition coefficient (Wildman–Crippen LogP) is 3.55. The van der Waals surface area contributed by atoms with Gasteiger partial charge in [-0.25, -0.2) is 8.42 Å². The molecule has 6 heteroatoms. The molecule has 1 amide bonds. The third kappa shape index (κ3) is 4.60. The Hall–Kier alpha value is -2.34. The molecular weight excluding hydrogens is 336 g/mol. The number of benzene rings is 2. The molecule has 0 radical (unpaired) electrons. The van der Waals surface area contributed by atoms with Crippen molar-refractivity contribution in [3.63, 3.8) is 0 Å². The Morgan fingerprint density at radius 3 is 2.36 bits per heavy atom. The van der Waals surface area contributed by atoms with Gasteiger partial charge in [-0.2, -0.15) is 0 Å². The summed E-state index contributed by atoms with van der Waals surface area (Å²) in [5.74, 6) is -0.261. The van der Waals surface area contributed by atoms with Crippen LogP contribution in [0.15, 0.2) is 41.3 Å². The number of amides is 1. The van der Waals surface area contributed by atoms with Gasteiger partial charge in [0.15, 0.2) is 0 Å². The van der Waals surface area contributed by atoms with Gasteiger partial charge < -0.3 is 5.32 Å². The molecule has 0 unspecified atom stereocenters. The summed E-state index contributed by atoms with van der Waals surface area (Å²) in [5.41, 5.74) is 3.54. The highest BCUT2D eigenvalue weighted by atomic mass is 32.2. The lowest BCUT2D eigenvalue weighted by Gasteiger charge is -2.13. The number of carbonyl (C=O) groups excluding carboxylic acids is 1. The first kappa shape index (κ1) is 19.0. The summed E-state index contributed by atoms with van der Waals surface area (Å²) in [6.07, 6.45) is 0.817. The molecule has 0 aromatic heterocycles. The van der Waals surface area contributed by atoms with Crippen molar-refractivity contribution in [2.75, 3.05) is 11.3 Å². The lowest BCUT2D eigenvalue weighted by Crippen LogP contribution is -2.25. The number of carbonyl (C=O) groups is 1. The molecule has 0 aliphatic carbocycles. The van der Waals surface area contributed by atoms with E-state index in [0.717, 1.165) is 23.1 Å². The molecule has 2 aromatic rings. The number of hydrogen-bond acceptors (Lipinski definition) is 3. The number of rotatable bonds is 6. The van der Waals surface area contributed by atoms with Crippen molar-refractivity contribution in [3.8, 4) is 0 Å². The molecule has 0 aliphatic rings. The number of nitrogens with one attached hydrogen (secondary N) is 2. The fourth-order valence-electron chi connectivity index (χ4n) is 2.48. The minimum Gasteiger partial charge on any atom is -0.352 e. The van der Waals surface area contributed by atoms with Crippen LogP contribution >= 0.6 is 0 Å². The van der Waals surface area contributed by atoms with E-state index in [1.54, 1.807) is 19.1 Å². The van der Waals surface area contributed by atoms with Gasteiger partial charge >= 0.3 is 0 Å². The van der Waals surface area contributed by atoms with E-state index in [1.807, 2.05) is 32.9 Å². The van der Waals surface area contributed by atoms with Gasteiger partial charge in [-0.15, -0.1) is 0 Å². The molecule has 0 saturated carbocycles. The largest absolute Gasteiger partial charge is 0.352 e. The quantitative estimate of drug-likeness (QED) is 0.827. The van der Waals surface area contributed by atoms with Gasteiger partial charge in [0.1, 0.15) is 0 Å². The normalized spacial score (nSPS) is 11.2. The second-order valence-corrected chi connectivity index (χ2v) is 7.84. The number of aryl methyl sites for hydroxylation is 3. The minimum atomic E-state index is -3.77. The molecule has 0 fully saturated rings. The first-order chi connectivity index (χ1) is 11.7. The SMILES string of the molecule is CCCNC(=O)c1cc(S(=O)(=O)Nc2ccc(C)cc2C)ccc1C. The van der Waals surface area contributed by atoms with Crippen LogP contribution in [0.4, 0.5) is 5.69 Å². The van der Waals surface area contributed by atoms with E-state index in [2.05, 4.69) is 10.0 Å². The van der Waals surface area contributed by atoms with Crippen LogP contribution in [0.5, 0.6) is 0 Å². The molecule has 2 aromatic carbocycles. The van der Waals surface area contributed by atoms with Crippen molar-refractivity contribution < 1.29 is 13.2 Å². The fraction of sp³-hybridized carbons (Fsp3) is 0.316. The smallest absolute Gasteiger partial charge is 0.261 e. The maximum absolute atomic E-state index is 12.7. The summed E-state index contributed by atoms with van der Waals surface area (Å²) in [4.78, 5) is 12.3. The van der Waals surface area contributed by atoms with Gasteiger partial charge in [0.05, 0.1) is 10.6 Å². The van der Waals surface area contributed by atoms with Gasteiger partial charge in [0.2, 0.25) is 0 Å². The monoisotopic (exact) mass is 360 g/mol. The molecule has 5 nitrogen and oxygen atoms in total. The maximum atomic E-state index is 12.7. The molecule has 25 heavy (non-hydrogen) atoms. The molecule has 0 atom stereocenters. The molecule has 0 heterocycles. The van der Waals surface area contributed by atoms with E-state index in [0.29, 0.717) is 17.8 Å². The highest BCUT2D eigenvalue weighted by Gasteiger charge is 2.18. The van der Waals surface area contributed by atoms with Crippen LogP contribution in [-0.2, 0) is 10.0 Å². The average Bonchev–Trinajstić information content (AvgIpc) is 2.55. The van der Waals surface area contributed by atoms with Crippen molar-refractivity contribution in [1.29, 1.82) is 0 Å². The fourth-order valence-corrected chi connectivity index (χ4v) is 3.64. The van der Waals surface area contributed by atoms with E-state index in [4.69, 9.17) is 0 Å². The lowest BCUT2D eigenvalue weighted by atomic mass is 10.1. The van der Waals surface area contributed by atoms with Gasteiger partial charge in [0, 0.05) is 12.1 Å². The zero-order chi connectivity index (χ0) is 18.6. The van der Waals surface area contributed by atoms with Crippen molar-refractivity contribution >= 4 is 21.6 Å². The van der Waals surface area contributed by atoms with Gasteiger partial charge in [-0.3, -0.25) is 9.52 Å². The molecule has 2 rings (SSSR count). The van der Waals surface area contributed by atoms with E-state index >= 15 is 0 Å². The maximum Gasteiger partial charge on any atom is 0.261 e. The second-order valence-electron chi connectivity index (χ2n) is 6.16. The predicted molar refractivity (Wildman–Crippen MR) is 101 cm³/mol. The Kier molecular flexibility index (Phi) is 5.85. The van der Waals surface area contributed by atoms with E-state index < -0.39 is 10.0 Å². The first-order valence-corrected chi connectivity index (χ1v) is 9.72. The number of sulfonamides is 1.